The highest BCUT2D eigenvalue weighted by molar-refractivity contribution is 7.90. The lowest BCUT2D eigenvalue weighted by Gasteiger charge is -2.33. The van der Waals surface area contributed by atoms with Gasteiger partial charge in [0.25, 0.3) is 0 Å². The van der Waals surface area contributed by atoms with E-state index in [1.165, 1.54) is 4.31 Å². The molecule has 6 nitrogen and oxygen atoms in total. The van der Waals surface area contributed by atoms with Crippen LogP contribution in [0.25, 0.3) is 10.9 Å². The van der Waals surface area contributed by atoms with Crippen LogP contribution < -0.4 is 10.0 Å². The Hall–Kier alpha value is -0.990. The number of nitrogens with one attached hydrogen (secondary N) is 3. The van der Waals surface area contributed by atoms with E-state index in [1.54, 1.807) is 12.3 Å². The van der Waals surface area contributed by atoms with E-state index in [1.807, 2.05) is 0 Å². The zero-order valence-corrected chi connectivity index (χ0v) is 15.2. The molecule has 3 heterocycles. The molecule has 0 spiro atoms. The van der Waals surface area contributed by atoms with Crippen molar-refractivity contribution in [2.45, 2.75) is 19.4 Å². The fourth-order valence-corrected chi connectivity index (χ4v) is 5.48. The Morgan fingerprint density at radius 2 is 1.96 bits per heavy atom. The summed E-state index contributed by atoms with van der Waals surface area (Å²) in [7, 11) is -3.57. The standard InChI is InChI=1S/C15H18Cl2N4O2S/c16-11-5-10-8-21(7-9-1-3-18-4-2-9)24(22,23)20-14(10)15-13(11)12(17)6-19-15/h5-6,9,18-20H,1-4,7-8H2. The van der Waals surface area contributed by atoms with Crippen molar-refractivity contribution in [1.29, 1.82) is 0 Å². The number of fused-ring (bicyclic) bond motifs is 3. The maximum Gasteiger partial charge on any atom is 0.302 e. The van der Waals surface area contributed by atoms with E-state index in [4.69, 9.17) is 23.2 Å². The molecule has 0 aliphatic carbocycles. The van der Waals surface area contributed by atoms with Gasteiger partial charge in [0.15, 0.2) is 0 Å². The zero-order valence-electron chi connectivity index (χ0n) is 12.9. The number of piperidine rings is 1. The minimum absolute atomic E-state index is 0.320. The molecule has 2 aliphatic rings. The van der Waals surface area contributed by atoms with E-state index in [-0.39, 0.29) is 0 Å². The molecule has 0 amide bonds. The summed E-state index contributed by atoms with van der Waals surface area (Å²) in [6, 6.07) is 1.80. The predicted molar refractivity (Wildman–Crippen MR) is 96.9 cm³/mol. The Labute approximate surface area is 150 Å². The number of H-pyrrole nitrogens is 1. The first-order valence-corrected chi connectivity index (χ1v) is 10.1. The maximum atomic E-state index is 12.7. The van der Waals surface area contributed by atoms with Crippen molar-refractivity contribution in [3.63, 3.8) is 0 Å². The molecule has 2 aromatic rings. The minimum Gasteiger partial charge on any atom is -0.358 e. The van der Waals surface area contributed by atoms with Gasteiger partial charge in [0, 0.05) is 24.7 Å². The first kappa shape index (κ1) is 16.5. The molecule has 9 heteroatoms. The normalized spacial score (nSPS) is 21.6. The lowest BCUT2D eigenvalue weighted by Crippen LogP contribution is -2.44. The molecular formula is C15H18Cl2N4O2S. The summed E-state index contributed by atoms with van der Waals surface area (Å²) in [6.45, 7) is 2.73. The molecule has 4 rings (SSSR count). The second kappa shape index (κ2) is 6.07. The van der Waals surface area contributed by atoms with Crippen LogP contribution in [0.2, 0.25) is 10.0 Å². The van der Waals surface area contributed by atoms with Crippen molar-refractivity contribution in [3.8, 4) is 0 Å². The molecule has 24 heavy (non-hydrogen) atoms. The summed E-state index contributed by atoms with van der Waals surface area (Å²) in [5.74, 6) is 0.378. The quantitative estimate of drug-likeness (QED) is 0.739. The molecule has 2 aliphatic heterocycles. The van der Waals surface area contributed by atoms with Crippen LogP contribution in [-0.2, 0) is 16.8 Å². The second-order valence-corrected chi connectivity index (χ2v) is 8.86. The molecule has 0 unspecified atom stereocenters. The fourth-order valence-electron chi connectivity index (χ4n) is 3.51. The van der Waals surface area contributed by atoms with Crippen LogP contribution in [0, 0.1) is 5.92 Å². The van der Waals surface area contributed by atoms with Crippen LogP contribution in [0.1, 0.15) is 18.4 Å². The van der Waals surface area contributed by atoms with E-state index in [2.05, 4.69) is 15.0 Å². The number of benzene rings is 1. The molecule has 1 saturated heterocycles. The highest BCUT2D eigenvalue weighted by Gasteiger charge is 2.33. The number of rotatable bonds is 2. The van der Waals surface area contributed by atoms with Gasteiger partial charge in [0.2, 0.25) is 0 Å². The van der Waals surface area contributed by atoms with Crippen molar-refractivity contribution in [2.75, 3.05) is 24.4 Å². The summed E-state index contributed by atoms with van der Waals surface area (Å²) in [6.07, 6.45) is 3.60. The van der Waals surface area contributed by atoms with Crippen LogP contribution in [0.5, 0.6) is 0 Å². The van der Waals surface area contributed by atoms with Gasteiger partial charge < -0.3 is 10.3 Å². The van der Waals surface area contributed by atoms with Gasteiger partial charge in [0.05, 0.1) is 21.2 Å². The zero-order chi connectivity index (χ0) is 16.9. The first-order chi connectivity index (χ1) is 11.5. The van der Waals surface area contributed by atoms with Gasteiger partial charge in [-0.25, -0.2) is 0 Å². The monoisotopic (exact) mass is 388 g/mol. The molecule has 1 aromatic heterocycles. The highest BCUT2D eigenvalue weighted by Crippen LogP contribution is 2.40. The van der Waals surface area contributed by atoms with Crippen LogP contribution in [0.4, 0.5) is 5.69 Å². The summed E-state index contributed by atoms with van der Waals surface area (Å²) < 4.78 is 29.6. The number of aromatic nitrogens is 1. The van der Waals surface area contributed by atoms with Gasteiger partial charge in [-0.1, -0.05) is 23.2 Å². The van der Waals surface area contributed by atoms with Crippen molar-refractivity contribution >= 4 is 50.0 Å². The molecule has 0 radical (unpaired) electrons. The second-order valence-electron chi connectivity index (χ2n) is 6.37. The number of halogens is 2. The minimum atomic E-state index is -3.57. The van der Waals surface area contributed by atoms with Crippen molar-refractivity contribution in [1.82, 2.24) is 14.6 Å². The third-order valence-corrected chi connectivity index (χ3v) is 6.80. The maximum absolute atomic E-state index is 12.7. The topological polar surface area (TPSA) is 77.2 Å². The van der Waals surface area contributed by atoms with Crippen molar-refractivity contribution < 1.29 is 8.42 Å². The number of hydrogen-bond acceptors (Lipinski definition) is 3. The summed E-state index contributed by atoms with van der Waals surface area (Å²) in [4.78, 5) is 3.02. The van der Waals surface area contributed by atoms with E-state index in [0.717, 1.165) is 31.5 Å². The fraction of sp³-hybridized carbons (Fsp3) is 0.467. The number of hydrogen-bond donors (Lipinski definition) is 3. The number of anilines is 1. The molecule has 1 aromatic carbocycles. The van der Waals surface area contributed by atoms with Gasteiger partial charge in [-0.2, -0.15) is 12.7 Å². The van der Waals surface area contributed by atoms with Crippen LogP contribution >= 0.6 is 23.2 Å². The predicted octanol–water partition coefficient (Wildman–Crippen LogP) is 2.95. The Kier molecular flexibility index (Phi) is 4.17. The van der Waals surface area contributed by atoms with E-state index >= 15 is 0 Å². The Bertz CT molecular complexity index is 891. The Morgan fingerprint density at radius 1 is 1.21 bits per heavy atom. The van der Waals surface area contributed by atoms with E-state index < -0.39 is 10.2 Å². The molecule has 0 atom stereocenters. The van der Waals surface area contributed by atoms with E-state index in [9.17, 15) is 8.42 Å². The SMILES string of the molecule is O=S1(=O)Nc2c(cc(Cl)c3c(Cl)c[nH]c23)CN1CC1CCNCC1. The lowest BCUT2D eigenvalue weighted by molar-refractivity contribution is 0.284. The lowest BCUT2D eigenvalue weighted by atomic mass is 9.98. The summed E-state index contributed by atoms with van der Waals surface area (Å²) >= 11 is 12.5. The highest BCUT2D eigenvalue weighted by atomic mass is 35.5. The van der Waals surface area contributed by atoms with Gasteiger partial charge in [-0.05, 0) is 43.5 Å². The van der Waals surface area contributed by atoms with Crippen LogP contribution in [-0.4, -0.2) is 37.3 Å². The van der Waals surface area contributed by atoms with Crippen LogP contribution in [0.15, 0.2) is 12.3 Å². The third kappa shape index (κ3) is 2.78. The van der Waals surface area contributed by atoms with Gasteiger partial charge in [-0.3, -0.25) is 4.72 Å². The van der Waals surface area contributed by atoms with Gasteiger partial charge in [-0.15, -0.1) is 0 Å². The largest absolute Gasteiger partial charge is 0.358 e. The Morgan fingerprint density at radius 3 is 2.71 bits per heavy atom. The molecule has 0 saturated carbocycles. The molecule has 3 N–H and O–H groups in total. The molecule has 0 bridgehead atoms. The average Bonchev–Trinajstić information content (AvgIpc) is 2.93. The number of nitrogens with zero attached hydrogens (tertiary/aromatic N) is 1. The van der Waals surface area contributed by atoms with Gasteiger partial charge >= 0.3 is 10.2 Å². The van der Waals surface area contributed by atoms with Crippen LogP contribution in [0.3, 0.4) is 0 Å². The Balaban J connectivity index is 1.71. The summed E-state index contributed by atoms with van der Waals surface area (Å²) in [5.41, 5.74) is 2.03. The van der Waals surface area contributed by atoms with Crippen molar-refractivity contribution in [2.24, 2.45) is 5.92 Å². The molecule has 1 fully saturated rings. The smallest absolute Gasteiger partial charge is 0.302 e. The molecular weight excluding hydrogens is 371 g/mol. The van der Waals surface area contributed by atoms with Crippen molar-refractivity contribution in [3.05, 3.63) is 27.9 Å². The number of aromatic amines is 1. The molecule has 130 valence electrons. The van der Waals surface area contributed by atoms with E-state index in [0.29, 0.717) is 45.6 Å². The van der Waals surface area contributed by atoms with Gasteiger partial charge in [0.1, 0.15) is 0 Å². The first-order valence-electron chi connectivity index (χ1n) is 7.92. The summed E-state index contributed by atoms with van der Waals surface area (Å²) in [5, 5.41) is 4.95. The average molecular weight is 389 g/mol. The third-order valence-electron chi connectivity index (χ3n) is 4.78.